The zero-order valence-corrected chi connectivity index (χ0v) is 19.2. The average Bonchev–Trinajstić information content (AvgIpc) is 3.10. The monoisotopic (exact) mass is 449 g/mol. The van der Waals surface area contributed by atoms with Gasteiger partial charge in [0.1, 0.15) is 11.3 Å². The highest BCUT2D eigenvalue weighted by molar-refractivity contribution is 6.10. The van der Waals surface area contributed by atoms with Gasteiger partial charge in [0.15, 0.2) is 0 Å². The largest absolute Gasteiger partial charge is 0.361 e. The fraction of sp³-hybridized carbons (Fsp3) is 0.250. The normalized spacial score (nSPS) is 10.9. The van der Waals surface area contributed by atoms with Crippen LogP contribution in [-0.4, -0.2) is 33.5 Å². The molecule has 0 saturated heterocycles. The van der Waals surface area contributed by atoms with E-state index in [0.29, 0.717) is 28.4 Å². The third-order valence-corrected chi connectivity index (χ3v) is 4.79. The van der Waals surface area contributed by atoms with Crippen molar-refractivity contribution in [2.45, 2.75) is 40.2 Å². The second-order valence-electron chi connectivity index (χ2n) is 8.44. The summed E-state index contributed by atoms with van der Waals surface area (Å²) in [7, 11) is 0. The molecule has 0 saturated carbocycles. The molecule has 0 radical (unpaired) electrons. The van der Waals surface area contributed by atoms with Crippen LogP contribution in [0, 0.1) is 13.8 Å². The van der Waals surface area contributed by atoms with Gasteiger partial charge in [-0.25, -0.2) is 15.2 Å². The predicted octanol–water partition coefficient (Wildman–Crippen LogP) is 4.52. The third-order valence-electron chi connectivity index (χ3n) is 4.79. The van der Waals surface area contributed by atoms with E-state index in [4.69, 9.17) is 4.52 Å². The number of amides is 4. The second-order valence-corrected chi connectivity index (χ2v) is 8.44. The predicted molar refractivity (Wildman–Crippen MR) is 125 cm³/mol. The van der Waals surface area contributed by atoms with Gasteiger partial charge in [0.2, 0.25) is 0 Å². The average molecular weight is 450 g/mol. The zero-order valence-electron chi connectivity index (χ0n) is 19.2. The lowest BCUT2D eigenvalue weighted by atomic mass is 10.1. The molecule has 0 aliphatic heterocycles. The number of para-hydroxylation sites is 2. The molecule has 0 aliphatic rings. The molecule has 9 nitrogen and oxygen atoms in total. The number of urea groups is 1. The van der Waals surface area contributed by atoms with Crippen LogP contribution in [0.2, 0.25) is 0 Å². The van der Waals surface area contributed by atoms with Gasteiger partial charge < -0.3 is 15.2 Å². The van der Waals surface area contributed by atoms with Gasteiger partial charge in [-0.15, -0.1) is 0 Å². The Morgan fingerprint density at radius 3 is 2.15 bits per heavy atom. The van der Waals surface area contributed by atoms with Crippen LogP contribution in [0.4, 0.5) is 16.2 Å². The van der Waals surface area contributed by atoms with Gasteiger partial charge in [0.05, 0.1) is 22.5 Å². The third kappa shape index (κ3) is 5.57. The van der Waals surface area contributed by atoms with Crippen molar-refractivity contribution in [1.82, 2.24) is 15.6 Å². The van der Waals surface area contributed by atoms with Crippen LogP contribution in [0.3, 0.4) is 0 Å². The molecule has 0 atom stereocenters. The minimum Gasteiger partial charge on any atom is -0.361 e. The number of hydrogen-bond donors (Lipinski definition) is 3. The molecule has 1 aromatic heterocycles. The first-order valence-corrected chi connectivity index (χ1v) is 10.4. The van der Waals surface area contributed by atoms with E-state index in [1.54, 1.807) is 83.1 Å². The first-order valence-electron chi connectivity index (χ1n) is 10.4. The number of nitrogens with one attached hydrogen (secondary N) is 3. The number of aryl methyl sites for hydroxylation is 2. The lowest BCUT2D eigenvalue weighted by Crippen LogP contribution is -2.57. The van der Waals surface area contributed by atoms with Gasteiger partial charge in [0, 0.05) is 5.69 Å². The van der Waals surface area contributed by atoms with Gasteiger partial charge in [-0.2, -0.15) is 0 Å². The minimum absolute atomic E-state index is 0.215. The maximum absolute atomic E-state index is 13.5. The van der Waals surface area contributed by atoms with E-state index in [1.165, 1.54) is 5.01 Å². The highest BCUT2D eigenvalue weighted by atomic mass is 16.5. The Bertz CT molecular complexity index is 1150. The highest BCUT2D eigenvalue weighted by Crippen LogP contribution is 2.23. The summed E-state index contributed by atoms with van der Waals surface area (Å²) < 4.78 is 5.07. The van der Waals surface area contributed by atoms with E-state index in [1.807, 2.05) is 6.07 Å². The van der Waals surface area contributed by atoms with Crippen molar-refractivity contribution in [3.63, 3.8) is 0 Å². The van der Waals surface area contributed by atoms with Crippen LogP contribution in [-0.2, 0) is 0 Å². The fourth-order valence-electron chi connectivity index (χ4n) is 3.20. The molecule has 172 valence electrons. The smallest absolute Gasteiger partial charge is 0.338 e. The molecule has 0 spiro atoms. The minimum atomic E-state index is -0.760. The molecule has 4 amide bonds. The highest BCUT2D eigenvalue weighted by Gasteiger charge is 2.31. The van der Waals surface area contributed by atoms with Crippen molar-refractivity contribution in [2.24, 2.45) is 0 Å². The molecule has 0 fully saturated rings. The lowest BCUT2D eigenvalue weighted by molar-refractivity contribution is 0.0461. The number of benzene rings is 2. The van der Waals surface area contributed by atoms with Gasteiger partial charge in [-0.3, -0.25) is 9.59 Å². The molecule has 2 aromatic carbocycles. The molecule has 1 heterocycles. The molecule has 3 rings (SSSR count). The summed E-state index contributed by atoms with van der Waals surface area (Å²) in [6.07, 6.45) is 0. The number of carbonyl (C=O) groups excluding carboxylic acids is 3. The summed E-state index contributed by atoms with van der Waals surface area (Å²) in [4.78, 5) is 38.9. The Kier molecular flexibility index (Phi) is 6.81. The van der Waals surface area contributed by atoms with E-state index in [0.717, 1.165) is 0 Å². The van der Waals surface area contributed by atoms with Gasteiger partial charge in [-0.1, -0.05) is 35.5 Å². The lowest BCUT2D eigenvalue weighted by Gasteiger charge is -2.35. The van der Waals surface area contributed by atoms with Crippen molar-refractivity contribution in [3.8, 4) is 0 Å². The molecular formula is C24H27N5O4. The number of aromatic nitrogens is 1. The number of rotatable bonds is 4. The Balaban J connectivity index is 1.85. The Morgan fingerprint density at radius 2 is 1.55 bits per heavy atom. The number of nitrogens with zero attached hydrogens (tertiary/aromatic N) is 2. The van der Waals surface area contributed by atoms with Crippen LogP contribution in [0.25, 0.3) is 0 Å². The number of hydrogen-bond acceptors (Lipinski definition) is 5. The van der Waals surface area contributed by atoms with Crippen LogP contribution in [0.15, 0.2) is 59.1 Å². The van der Waals surface area contributed by atoms with Crippen LogP contribution in [0.1, 0.15) is 52.9 Å². The summed E-state index contributed by atoms with van der Waals surface area (Å²) in [5.41, 5.74) is 3.72. The molecule has 33 heavy (non-hydrogen) atoms. The maximum atomic E-state index is 13.5. The fourth-order valence-corrected chi connectivity index (χ4v) is 3.20. The zero-order chi connectivity index (χ0) is 24.2. The van der Waals surface area contributed by atoms with Crippen LogP contribution >= 0.6 is 0 Å². The summed E-state index contributed by atoms with van der Waals surface area (Å²) in [5.74, 6) is -0.548. The summed E-state index contributed by atoms with van der Waals surface area (Å²) in [5, 5.41) is 10.5. The molecule has 3 aromatic rings. The standard InChI is InChI=1S/C24H27N5O4/c1-15-20(16(2)33-28-15)21(30)26-19-14-10-9-13-18(19)22(31)29(24(3,4)5)27-23(32)25-17-11-7-6-8-12-17/h6-14H,1-5H3,(H,26,30)(H2,25,27,32). The van der Waals surface area contributed by atoms with Gasteiger partial charge in [-0.05, 0) is 58.9 Å². The first kappa shape index (κ1) is 23.5. The van der Waals surface area contributed by atoms with E-state index in [9.17, 15) is 14.4 Å². The summed E-state index contributed by atoms with van der Waals surface area (Å²) in [6.45, 7) is 8.68. The van der Waals surface area contributed by atoms with Crippen molar-refractivity contribution >= 4 is 29.2 Å². The summed E-state index contributed by atoms with van der Waals surface area (Å²) >= 11 is 0. The van der Waals surface area contributed by atoms with Crippen molar-refractivity contribution in [3.05, 3.63) is 77.2 Å². The molecule has 0 aliphatic carbocycles. The number of carbonyl (C=O) groups is 3. The molecular weight excluding hydrogens is 422 g/mol. The van der Waals surface area contributed by atoms with E-state index in [2.05, 4.69) is 21.2 Å². The van der Waals surface area contributed by atoms with Crippen molar-refractivity contribution in [2.75, 3.05) is 10.6 Å². The number of anilines is 2. The maximum Gasteiger partial charge on any atom is 0.338 e. The topological polar surface area (TPSA) is 117 Å². The van der Waals surface area contributed by atoms with Gasteiger partial charge in [0.25, 0.3) is 11.8 Å². The Labute approximate surface area is 192 Å². The van der Waals surface area contributed by atoms with Crippen molar-refractivity contribution < 1.29 is 18.9 Å². The Hall–Kier alpha value is -4.14. The quantitative estimate of drug-likeness (QED) is 0.506. The SMILES string of the molecule is Cc1noc(C)c1C(=O)Nc1ccccc1C(=O)N(NC(=O)Nc1ccccc1)C(C)(C)C. The van der Waals surface area contributed by atoms with Crippen LogP contribution < -0.4 is 16.1 Å². The van der Waals surface area contributed by atoms with Crippen LogP contribution in [0.5, 0.6) is 0 Å². The first-order chi connectivity index (χ1) is 15.6. The molecule has 3 N–H and O–H groups in total. The summed E-state index contributed by atoms with van der Waals surface area (Å²) in [6, 6.07) is 14.9. The molecule has 0 bridgehead atoms. The molecule has 0 unspecified atom stereocenters. The molecule has 9 heteroatoms. The van der Waals surface area contributed by atoms with E-state index >= 15 is 0 Å². The Morgan fingerprint density at radius 1 is 0.909 bits per heavy atom. The van der Waals surface area contributed by atoms with Crippen molar-refractivity contribution in [1.29, 1.82) is 0 Å². The second kappa shape index (κ2) is 9.56. The number of hydrazine groups is 1. The van der Waals surface area contributed by atoms with E-state index < -0.39 is 23.4 Å². The van der Waals surface area contributed by atoms with E-state index in [-0.39, 0.29) is 5.56 Å². The van der Waals surface area contributed by atoms with Gasteiger partial charge >= 0.3 is 6.03 Å².